The van der Waals surface area contributed by atoms with Crippen LogP contribution in [0.2, 0.25) is 0 Å². The first-order chi connectivity index (χ1) is 12.4. The molecule has 0 fully saturated rings. The van der Waals surface area contributed by atoms with Crippen molar-refractivity contribution in [1.82, 2.24) is 15.0 Å². The van der Waals surface area contributed by atoms with Crippen LogP contribution in [0.25, 0.3) is 22.9 Å². The van der Waals surface area contributed by atoms with E-state index < -0.39 is 0 Å². The molecule has 1 aliphatic rings. The molecule has 0 aliphatic heterocycles. The van der Waals surface area contributed by atoms with Crippen molar-refractivity contribution in [2.45, 2.75) is 34.1 Å². The molecule has 0 amide bonds. The maximum Gasteiger partial charge on any atom is 0.287 e. The number of aromatic nitrogens is 4. The molecule has 4 rings (SSSR count). The van der Waals surface area contributed by atoms with Gasteiger partial charge in [-0.05, 0) is 61.5 Å². The molecule has 0 saturated carbocycles. The Morgan fingerprint density at radius 2 is 1.77 bits per heavy atom. The lowest BCUT2D eigenvalue weighted by molar-refractivity contribution is -0.663. The SMILES string of the molecule is Cc1cc(C)c(C)c(-c2c3c(nc[n+]2C)C=C(c2cnc(C)cn2)C3)c1. The van der Waals surface area contributed by atoms with Crippen molar-refractivity contribution in [3.8, 4) is 11.3 Å². The van der Waals surface area contributed by atoms with Gasteiger partial charge in [-0.1, -0.05) is 11.6 Å². The molecule has 130 valence electrons. The molecule has 2 aromatic heterocycles. The van der Waals surface area contributed by atoms with Crippen molar-refractivity contribution in [1.29, 1.82) is 0 Å². The van der Waals surface area contributed by atoms with Crippen LogP contribution in [0, 0.1) is 27.7 Å². The van der Waals surface area contributed by atoms with Crippen LogP contribution in [-0.2, 0) is 13.5 Å². The Labute approximate surface area is 154 Å². The average molecular weight is 343 g/mol. The van der Waals surface area contributed by atoms with E-state index >= 15 is 0 Å². The lowest BCUT2D eigenvalue weighted by Crippen LogP contribution is -2.33. The maximum atomic E-state index is 4.65. The van der Waals surface area contributed by atoms with Gasteiger partial charge in [0.2, 0.25) is 0 Å². The third-order valence-corrected chi connectivity index (χ3v) is 5.17. The van der Waals surface area contributed by atoms with E-state index in [-0.39, 0.29) is 0 Å². The lowest BCUT2D eigenvalue weighted by atomic mass is 9.94. The Morgan fingerprint density at radius 3 is 2.50 bits per heavy atom. The largest absolute Gasteiger partial charge is 0.287 e. The first kappa shape index (κ1) is 16.6. The first-order valence-corrected chi connectivity index (χ1v) is 8.89. The fourth-order valence-corrected chi connectivity index (χ4v) is 3.69. The molecule has 0 spiro atoms. The quantitative estimate of drug-likeness (QED) is 0.667. The number of rotatable bonds is 2. The monoisotopic (exact) mass is 343 g/mol. The number of fused-ring (bicyclic) bond motifs is 1. The van der Waals surface area contributed by atoms with Crippen molar-refractivity contribution in [2.75, 3.05) is 0 Å². The van der Waals surface area contributed by atoms with Crippen molar-refractivity contribution >= 4 is 11.6 Å². The van der Waals surface area contributed by atoms with Gasteiger partial charge in [0, 0.05) is 18.2 Å². The Bertz CT molecular complexity index is 1050. The molecule has 4 nitrogen and oxygen atoms in total. The van der Waals surface area contributed by atoms with Crippen LogP contribution in [0.15, 0.2) is 30.9 Å². The highest BCUT2D eigenvalue weighted by atomic mass is 15.0. The van der Waals surface area contributed by atoms with Gasteiger partial charge < -0.3 is 0 Å². The normalized spacial score (nSPS) is 12.9. The summed E-state index contributed by atoms with van der Waals surface area (Å²) < 4.78 is 2.14. The lowest BCUT2D eigenvalue weighted by Gasteiger charge is -2.13. The van der Waals surface area contributed by atoms with Crippen LogP contribution in [0.3, 0.4) is 0 Å². The van der Waals surface area contributed by atoms with E-state index in [0.29, 0.717) is 0 Å². The predicted molar refractivity (Wildman–Crippen MR) is 103 cm³/mol. The third-order valence-electron chi connectivity index (χ3n) is 5.17. The van der Waals surface area contributed by atoms with Gasteiger partial charge >= 0.3 is 0 Å². The highest BCUT2D eigenvalue weighted by molar-refractivity contribution is 5.88. The number of hydrogen-bond acceptors (Lipinski definition) is 3. The summed E-state index contributed by atoms with van der Waals surface area (Å²) in [7, 11) is 2.07. The summed E-state index contributed by atoms with van der Waals surface area (Å²) in [6, 6.07) is 4.52. The van der Waals surface area contributed by atoms with Gasteiger partial charge in [-0.3, -0.25) is 9.97 Å². The van der Waals surface area contributed by atoms with E-state index in [1.807, 2.05) is 25.6 Å². The van der Waals surface area contributed by atoms with Gasteiger partial charge in [0.15, 0.2) is 5.69 Å². The number of nitrogens with zero attached hydrogens (tertiary/aromatic N) is 4. The van der Waals surface area contributed by atoms with Crippen molar-refractivity contribution in [3.05, 3.63) is 70.2 Å². The third kappa shape index (κ3) is 2.71. The second-order valence-corrected chi connectivity index (χ2v) is 7.21. The van der Waals surface area contributed by atoms with E-state index in [9.17, 15) is 0 Å². The van der Waals surface area contributed by atoms with Gasteiger partial charge in [-0.2, -0.15) is 0 Å². The zero-order valence-electron chi connectivity index (χ0n) is 16.0. The second-order valence-electron chi connectivity index (χ2n) is 7.21. The topological polar surface area (TPSA) is 42.5 Å². The summed E-state index contributed by atoms with van der Waals surface area (Å²) in [4.78, 5) is 13.6. The van der Waals surface area contributed by atoms with E-state index in [2.05, 4.69) is 65.5 Å². The summed E-state index contributed by atoms with van der Waals surface area (Å²) in [5.41, 5.74) is 11.8. The fourth-order valence-electron chi connectivity index (χ4n) is 3.69. The molecule has 0 saturated heterocycles. The van der Waals surface area contributed by atoms with Crippen molar-refractivity contribution < 1.29 is 4.57 Å². The number of benzene rings is 1. The molecule has 0 unspecified atom stereocenters. The molecule has 0 atom stereocenters. The van der Waals surface area contributed by atoms with E-state index in [0.717, 1.165) is 23.5 Å². The minimum atomic E-state index is 0.830. The molecule has 3 aromatic rings. The summed E-state index contributed by atoms with van der Waals surface area (Å²) in [6.45, 7) is 8.49. The van der Waals surface area contributed by atoms with Crippen LogP contribution in [0.5, 0.6) is 0 Å². The Balaban J connectivity index is 1.84. The summed E-state index contributed by atoms with van der Waals surface area (Å²) in [6.07, 6.45) is 8.56. The minimum Gasteiger partial charge on any atom is -0.258 e. The number of hydrogen-bond donors (Lipinski definition) is 0. The van der Waals surface area contributed by atoms with Crippen LogP contribution in [0.4, 0.5) is 0 Å². The van der Waals surface area contributed by atoms with Crippen LogP contribution in [-0.4, -0.2) is 15.0 Å². The molecule has 0 N–H and O–H groups in total. The summed E-state index contributed by atoms with van der Waals surface area (Å²) in [5.74, 6) is 0. The van der Waals surface area contributed by atoms with Crippen molar-refractivity contribution in [2.24, 2.45) is 7.05 Å². The summed E-state index contributed by atoms with van der Waals surface area (Å²) >= 11 is 0. The molecule has 0 radical (unpaired) electrons. The maximum absolute atomic E-state index is 4.65. The number of allylic oxidation sites excluding steroid dienone is 1. The van der Waals surface area contributed by atoms with E-state index in [1.54, 1.807) is 0 Å². The first-order valence-electron chi connectivity index (χ1n) is 8.89. The van der Waals surface area contributed by atoms with Gasteiger partial charge in [0.25, 0.3) is 6.33 Å². The average Bonchev–Trinajstić information content (AvgIpc) is 3.03. The zero-order valence-corrected chi connectivity index (χ0v) is 16.0. The molecule has 26 heavy (non-hydrogen) atoms. The minimum absolute atomic E-state index is 0.830. The van der Waals surface area contributed by atoms with Crippen LogP contribution < -0.4 is 4.57 Å². The predicted octanol–water partition coefficient (Wildman–Crippen LogP) is 3.69. The smallest absolute Gasteiger partial charge is 0.258 e. The highest BCUT2D eigenvalue weighted by Crippen LogP contribution is 2.36. The van der Waals surface area contributed by atoms with E-state index in [4.69, 9.17) is 0 Å². The summed E-state index contributed by atoms with van der Waals surface area (Å²) in [5, 5.41) is 0. The standard InChI is InChI=1S/C22H23N4/c1-13-6-14(2)16(4)18(7-13)22-19-8-17(9-20(19)25-12-26(22)5)21-11-23-15(3)10-24-21/h6-7,9-12H,8H2,1-5H3/q+1. The molecule has 2 heterocycles. The van der Waals surface area contributed by atoms with Gasteiger partial charge in [0.05, 0.1) is 30.2 Å². The van der Waals surface area contributed by atoms with Gasteiger partial charge in [0.1, 0.15) is 5.69 Å². The second kappa shape index (κ2) is 6.13. The fraction of sp³-hybridized carbons (Fsp3) is 0.273. The van der Waals surface area contributed by atoms with Crippen molar-refractivity contribution in [3.63, 3.8) is 0 Å². The molecular formula is C22H23N4+. The Morgan fingerprint density at radius 1 is 0.962 bits per heavy atom. The van der Waals surface area contributed by atoms with Crippen LogP contribution >= 0.6 is 0 Å². The molecule has 1 aliphatic carbocycles. The molecule has 1 aromatic carbocycles. The molecular weight excluding hydrogens is 320 g/mol. The number of aryl methyl sites for hydroxylation is 4. The van der Waals surface area contributed by atoms with Gasteiger partial charge in [-0.15, -0.1) is 0 Å². The Kier molecular flexibility index (Phi) is 3.91. The van der Waals surface area contributed by atoms with E-state index in [1.165, 1.54) is 39.1 Å². The highest BCUT2D eigenvalue weighted by Gasteiger charge is 2.28. The molecule has 4 heteroatoms. The van der Waals surface area contributed by atoms with Crippen LogP contribution in [0.1, 0.15) is 39.3 Å². The van der Waals surface area contributed by atoms with Gasteiger partial charge in [-0.25, -0.2) is 4.57 Å². The zero-order chi connectivity index (χ0) is 18.4. The Hall–Kier alpha value is -2.88. The molecule has 0 bridgehead atoms.